The molecule has 0 bridgehead atoms. The van der Waals surface area contributed by atoms with Crippen LogP contribution in [0.3, 0.4) is 0 Å². The molecule has 2 amide bonds. The highest BCUT2D eigenvalue weighted by molar-refractivity contribution is 6.04. The topological polar surface area (TPSA) is 97.4 Å². The van der Waals surface area contributed by atoms with E-state index in [1.54, 1.807) is 6.07 Å². The normalized spacial score (nSPS) is 10.5. The fraction of sp³-hybridized carbons (Fsp3) is 0.167. The number of rotatable bonds is 4. The van der Waals surface area contributed by atoms with Gasteiger partial charge in [0.1, 0.15) is 6.26 Å². The molecule has 2 heterocycles. The quantitative estimate of drug-likeness (QED) is 0.755. The van der Waals surface area contributed by atoms with Crippen molar-refractivity contribution in [1.82, 2.24) is 4.98 Å². The first-order valence-electron chi connectivity index (χ1n) is 7.63. The number of anilines is 2. The maximum Gasteiger partial charge on any atom is 0.302 e. The van der Waals surface area contributed by atoms with Crippen molar-refractivity contribution in [2.45, 2.75) is 20.8 Å². The molecule has 2 N–H and O–H groups in total. The number of carbonyl (C=O) groups is 2. The van der Waals surface area contributed by atoms with E-state index in [1.807, 2.05) is 32.9 Å². The van der Waals surface area contributed by atoms with Gasteiger partial charge in [-0.3, -0.25) is 14.9 Å². The molecule has 0 saturated heterocycles. The molecule has 0 spiro atoms. The van der Waals surface area contributed by atoms with Gasteiger partial charge < -0.3 is 14.2 Å². The summed E-state index contributed by atoms with van der Waals surface area (Å²) in [6.07, 6.45) is 2.57. The van der Waals surface area contributed by atoms with E-state index in [4.69, 9.17) is 8.83 Å². The van der Waals surface area contributed by atoms with Crippen LogP contribution in [0.2, 0.25) is 0 Å². The van der Waals surface area contributed by atoms with Crippen molar-refractivity contribution in [2.24, 2.45) is 0 Å². The number of amides is 2. The lowest BCUT2D eigenvalue weighted by atomic mass is 10.1. The number of oxazole rings is 1. The van der Waals surface area contributed by atoms with E-state index in [2.05, 4.69) is 15.6 Å². The first kappa shape index (κ1) is 16.5. The summed E-state index contributed by atoms with van der Waals surface area (Å²) in [5.41, 5.74) is 3.84. The maximum atomic E-state index is 12.4. The van der Waals surface area contributed by atoms with Crippen molar-refractivity contribution < 1.29 is 18.4 Å². The summed E-state index contributed by atoms with van der Waals surface area (Å²) >= 11 is 0. The predicted octanol–water partition coefficient (Wildman–Crippen LogP) is 3.70. The van der Waals surface area contributed by atoms with Gasteiger partial charge in [0.05, 0.1) is 6.26 Å². The predicted molar refractivity (Wildman–Crippen MR) is 91.8 cm³/mol. The first-order chi connectivity index (χ1) is 11.9. The molecule has 25 heavy (non-hydrogen) atoms. The molecular weight excluding hydrogens is 322 g/mol. The van der Waals surface area contributed by atoms with Crippen LogP contribution in [0.1, 0.15) is 37.7 Å². The van der Waals surface area contributed by atoms with Crippen molar-refractivity contribution in [3.8, 4) is 0 Å². The van der Waals surface area contributed by atoms with Crippen molar-refractivity contribution in [3.05, 3.63) is 64.9 Å². The lowest BCUT2D eigenvalue weighted by Crippen LogP contribution is -2.15. The average molecular weight is 339 g/mol. The molecule has 7 heteroatoms. The van der Waals surface area contributed by atoms with Crippen LogP contribution in [-0.2, 0) is 0 Å². The summed E-state index contributed by atoms with van der Waals surface area (Å²) in [7, 11) is 0. The number of nitrogens with one attached hydrogen (secondary N) is 2. The molecule has 0 aliphatic heterocycles. The zero-order valence-corrected chi connectivity index (χ0v) is 14.0. The monoisotopic (exact) mass is 339 g/mol. The average Bonchev–Trinajstić information content (AvgIpc) is 3.22. The molecule has 0 atom stereocenters. The Morgan fingerprint density at radius 3 is 2.36 bits per heavy atom. The second-order valence-electron chi connectivity index (χ2n) is 5.70. The fourth-order valence-corrected chi connectivity index (χ4v) is 2.56. The van der Waals surface area contributed by atoms with Crippen LogP contribution in [-0.4, -0.2) is 16.8 Å². The van der Waals surface area contributed by atoms with Crippen molar-refractivity contribution >= 4 is 23.5 Å². The van der Waals surface area contributed by atoms with Gasteiger partial charge in [0.25, 0.3) is 11.8 Å². The summed E-state index contributed by atoms with van der Waals surface area (Å²) in [5, 5.41) is 5.25. The molecule has 2 aromatic heterocycles. The Labute approximate surface area is 144 Å². The van der Waals surface area contributed by atoms with E-state index in [9.17, 15) is 9.59 Å². The Hall–Kier alpha value is -3.35. The van der Waals surface area contributed by atoms with Crippen LogP contribution in [0.15, 0.2) is 45.6 Å². The second kappa shape index (κ2) is 6.64. The molecule has 3 aromatic rings. The number of hydrogen-bond donors (Lipinski definition) is 2. The van der Waals surface area contributed by atoms with Gasteiger partial charge in [0, 0.05) is 5.69 Å². The third-order valence-corrected chi connectivity index (χ3v) is 3.62. The summed E-state index contributed by atoms with van der Waals surface area (Å²) in [6, 6.07) is 6.99. The van der Waals surface area contributed by atoms with E-state index in [0.717, 1.165) is 22.4 Å². The lowest BCUT2D eigenvalue weighted by molar-refractivity contribution is 0.0990. The summed E-state index contributed by atoms with van der Waals surface area (Å²) in [6.45, 7) is 5.85. The molecule has 7 nitrogen and oxygen atoms in total. The summed E-state index contributed by atoms with van der Waals surface area (Å²) in [4.78, 5) is 28.2. The highest BCUT2D eigenvalue weighted by Gasteiger charge is 2.17. The molecule has 0 fully saturated rings. The Morgan fingerprint density at radius 1 is 1.00 bits per heavy atom. The van der Waals surface area contributed by atoms with Gasteiger partial charge in [-0.25, -0.2) is 0 Å². The minimum Gasteiger partial charge on any atom is -0.459 e. The minimum absolute atomic E-state index is 0.0640. The number of furan rings is 1. The van der Waals surface area contributed by atoms with Crippen LogP contribution >= 0.6 is 0 Å². The smallest absolute Gasteiger partial charge is 0.302 e. The third kappa shape index (κ3) is 3.60. The third-order valence-electron chi connectivity index (χ3n) is 3.62. The molecule has 0 unspecified atom stereocenters. The molecule has 0 radical (unpaired) electrons. The number of benzene rings is 1. The van der Waals surface area contributed by atoms with Crippen LogP contribution in [0.4, 0.5) is 11.7 Å². The second-order valence-corrected chi connectivity index (χ2v) is 5.70. The van der Waals surface area contributed by atoms with Gasteiger partial charge in [-0.05, 0) is 44.0 Å². The number of nitrogens with zero attached hydrogens (tertiary/aromatic N) is 1. The molecule has 1 aromatic carbocycles. The Kier molecular flexibility index (Phi) is 4.38. The fourth-order valence-electron chi connectivity index (χ4n) is 2.56. The van der Waals surface area contributed by atoms with Crippen LogP contribution in [0.25, 0.3) is 0 Å². The summed E-state index contributed by atoms with van der Waals surface area (Å²) < 4.78 is 10.1. The van der Waals surface area contributed by atoms with Gasteiger partial charge in [-0.1, -0.05) is 17.7 Å². The maximum absolute atomic E-state index is 12.4. The van der Waals surface area contributed by atoms with Crippen molar-refractivity contribution in [3.63, 3.8) is 0 Å². The zero-order valence-electron chi connectivity index (χ0n) is 14.0. The molecule has 0 saturated carbocycles. The molecule has 0 aliphatic carbocycles. The van der Waals surface area contributed by atoms with Crippen LogP contribution in [0.5, 0.6) is 0 Å². The van der Waals surface area contributed by atoms with Crippen molar-refractivity contribution in [1.29, 1.82) is 0 Å². The van der Waals surface area contributed by atoms with Crippen LogP contribution < -0.4 is 10.6 Å². The van der Waals surface area contributed by atoms with E-state index >= 15 is 0 Å². The first-order valence-corrected chi connectivity index (χ1v) is 7.63. The largest absolute Gasteiger partial charge is 0.459 e. The highest BCUT2D eigenvalue weighted by Crippen LogP contribution is 2.22. The molecular formula is C18H17N3O4. The van der Waals surface area contributed by atoms with Crippen LogP contribution in [0, 0.1) is 20.8 Å². The van der Waals surface area contributed by atoms with Crippen molar-refractivity contribution in [2.75, 3.05) is 10.6 Å². The Morgan fingerprint density at radius 2 is 1.72 bits per heavy atom. The molecule has 3 rings (SSSR count). The number of aromatic nitrogens is 1. The van der Waals surface area contributed by atoms with Gasteiger partial charge >= 0.3 is 6.01 Å². The molecule has 128 valence electrons. The lowest BCUT2D eigenvalue weighted by Gasteiger charge is -2.11. The van der Waals surface area contributed by atoms with Gasteiger partial charge in [0.2, 0.25) is 0 Å². The number of aryl methyl sites for hydroxylation is 3. The van der Waals surface area contributed by atoms with E-state index in [0.29, 0.717) is 0 Å². The Bertz CT molecular complexity index is 903. The minimum atomic E-state index is -0.510. The Balaban J connectivity index is 1.72. The highest BCUT2D eigenvalue weighted by atomic mass is 16.4. The SMILES string of the molecule is Cc1cc(C)c(NC(=O)c2coc(NC(=O)c3ccco3)n2)c(C)c1. The van der Waals surface area contributed by atoms with Gasteiger partial charge in [-0.2, -0.15) is 4.98 Å². The standard InChI is InChI=1S/C18H17N3O4/c1-10-7-11(2)15(12(3)8-10)20-16(22)13-9-25-18(19-13)21-17(23)14-5-4-6-24-14/h4-9H,1-3H3,(H,20,22)(H,19,21,23). The number of hydrogen-bond acceptors (Lipinski definition) is 5. The van der Waals surface area contributed by atoms with E-state index < -0.39 is 11.8 Å². The zero-order chi connectivity index (χ0) is 18.0. The van der Waals surface area contributed by atoms with E-state index in [-0.39, 0.29) is 17.5 Å². The number of carbonyl (C=O) groups excluding carboxylic acids is 2. The van der Waals surface area contributed by atoms with E-state index in [1.165, 1.54) is 18.6 Å². The molecule has 0 aliphatic rings. The van der Waals surface area contributed by atoms with Gasteiger partial charge in [-0.15, -0.1) is 0 Å². The summed E-state index contributed by atoms with van der Waals surface area (Å²) in [5.74, 6) is -0.809. The van der Waals surface area contributed by atoms with Gasteiger partial charge in [0.15, 0.2) is 11.5 Å².